The molecule has 0 aliphatic carbocycles. The van der Waals surface area contributed by atoms with Crippen molar-refractivity contribution in [3.8, 4) is 0 Å². The predicted molar refractivity (Wildman–Crippen MR) is 109 cm³/mol. The maximum atomic E-state index is 12.6. The molecule has 2 aromatic heterocycles. The molecule has 142 valence electrons. The van der Waals surface area contributed by atoms with Crippen LogP contribution in [0.15, 0.2) is 35.8 Å². The Labute approximate surface area is 163 Å². The Hall–Kier alpha value is -2.25. The number of hydrogen-bond acceptors (Lipinski definition) is 5. The van der Waals surface area contributed by atoms with Crippen LogP contribution < -0.4 is 5.32 Å². The first kappa shape index (κ1) is 18.1. The van der Waals surface area contributed by atoms with Gasteiger partial charge in [0, 0.05) is 24.2 Å². The SMILES string of the molecule is CC(C)n1c(CN2CCC[C@H](C(=O)Nc3nccs3)C2)nc2ccccc21. The molecule has 0 saturated carbocycles. The molecule has 1 atom stereocenters. The normalized spacial score (nSPS) is 18.3. The number of benzene rings is 1. The van der Waals surface area contributed by atoms with E-state index in [9.17, 15) is 4.79 Å². The summed E-state index contributed by atoms with van der Waals surface area (Å²) in [6.45, 7) is 6.92. The highest BCUT2D eigenvalue weighted by atomic mass is 32.1. The number of amides is 1. The fourth-order valence-electron chi connectivity index (χ4n) is 3.89. The molecular formula is C20H25N5OS. The molecule has 1 aliphatic rings. The number of piperidine rings is 1. The fourth-order valence-corrected chi connectivity index (χ4v) is 4.42. The second-order valence-electron chi connectivity index (χ2n) is 7.38. The zero-order chi connectivity index (χ0) is 18.8. The fraction of sp³-hybridized carbons (Fsp3) is 0.450. The molecule has 3 heterocycles. The van der Waals surface area contributed by atoms with Crippen LogP contribution in [0.25, 0.3) is 11.0 Å². The number of anilines is 1. The van der Waals surface area contributed by atoms with E-state index < -0.39 is 0 Å². The molecule has 27 heavy (non-hydrogen) atoms. The Bertz CT molecular complexity index is 918. The highest BCUT2D eigenvalue weighted by Crippen LogP contribution is 2.25. The van der Waals surface area contributed by atoms with Crippen LogP contribution in [0.3, 0.4) is 0 Å². The zero-order valence-electron chi connectivity index (χ0n) is 15.8. The lowest BCUT2D eigenvalue weighted by Gasteiger charge is -2.31. The number of hydrogen-bond donors (Lipinski definition) is 1. The van der Waals surface area contributed by atoms with Gasteiger partial charge in [-0.3, -0.25) is 9.69 Å². The van der Waals surface area contributed by atoms with E-state index in [1.165, 1.54) is 16.9 Å². The minimum absolute atomic E-state index is 0.000437. The van der Waals surface area contributed by atoms with Crippen molar-refractivity contribution in [1.82, 2.24) is 19.4 Å². The molecule has 0 spiro atoms. The van der Waals surface area contributed by atoms with Crippen LogP contribution in [0.1, 0.15) is 38.6 Å². The number of imidazole rings is 1. The molecule has 3 aromatic rings. The molecule has 1 amide bonds. The molecule has 0 unspecified atom stereocenters. The molecule has 1 saturated heterocycles. The summed E-state index contributed by atoms with van der Waals surface area (Å²) in [6, 6.07) is 8.64. The van der Waals surface area contributed by atoms with Crippen molar-refractivity contribution in [3.63, 3.8) is 0 Å². The highest BCUT2D eigenvalue weighted by Gasteiger charge is 2.27. The van der Waals surface area contributed by atoms with Crippen LogP contribution in [0, 0.1) is 5.92 Å². The molecule has 6 nitrogen and oxygen atoms in total. The second kappa shape index (κ2) is 7.78. The van der Waals surface area contributed by atoms with Crippen molar-refractivity contribution in [2.24, 2.45) is 5.92 Å². The first-order valence-corrected chi connectivity index (χ1v) is 10.4. The molecular weight excluding hydrogens is 358 g/mol. The molecule has 1 N–H and O–H groups in total. The van der Waals surface area contributed by atoms with E-state index in [4.69, 9.17) is 4.98 Å². The number of para-hydroxylation sites is 2. The van der Waals surface area contributed by atoms with Gasteiger partial charge in [-0.2, -0.15) is 0 Å². The van der Waals surface area contributed by atoms with Gasteiger partial charge >= 0.3 is 0 Å². The Kier molecular flexibility index (Phi) is 5.22. The van der Waals surface area contributed by atoms with Gasteiger partial charge in [-0.1, -0.05) is 12.1 Å². The third-order valence-electron chi connectivity index (χ3n) is 5.09. The maximum absolute atomic E-state index is 12.6. The van der Waals surface area contributed by atoms with Crippen molar-refractivity contribution < 1.29 is 4.79 Å². The molecule has 7 heteroatoms. The topological polar surface area (TPSA) is 63.1 Å². The average molecular weight is 384 g/mol. The van der Waals surface area contributed by atoms with Crippen LogP contribution in [-0.4, -0.2) is 38.4 Å². The summed E-state index contributed by atoms with van der Waals surface area (Å²) in [7, 11) is 0. The Balaban J connectivity index is 1.49. The number of likely N-dealkylation sites (tertiary alicyclic amines) is 1. The summed E-state index contributed by atoms with van der Waals surface area (Å²) >= 11 is 1.46. The van der Waals surface area contributed by atoms with E-state index in [0.29, 0.717) is 11.2 Å². The quantitative estimate of drug-likeness (QED) is 0.725. The van der Waals surface area contributed by atoms with Gasteiger partial charge in [0.15, 0.2) is 5.13 Å². The molecule has 1 aromatic carbocycles. The summed E-state index contributed by atoms with van der Waals surface area (Å²) in [5, 5.41) is 5.50. The average Bonchev–Trinajstić information content (AvgIpc) is 3.28. The molecule has 1 fully saturated rings. The van der Waals surface area contributed by atoms with Crippen molar-refractivity contribution in [3.05, 3.63) is 41.7 Å². The minimum Gasteiger partial charge on any atom is -0.324 e. The summed E-state index contributed by atoms with van der Waals surface area (Å²) in [5.41, 5.74) is 2.22. The summed E-state index contributed by atoms with van der Waals surface area (Å²) < 4.78 is 2.31. The second-order valence-corrected chi connectivity index (χ2v) is 8.28. The first-order valence-electron chi connectivity index (χ1n) is 9.50. The van der Waals surface area contributed by atoms with Crippen LogP contribution in [0.2, 0.25) is 0 Å². The molecule has 1 aliphatic heterocycles. The third kappa shape index (κ3) is 3.89. The number of carbonyl (C=O) groups is 1. The molecule has 0 radical (unpaired) electrons. The molecule has 0 bridgehead atoms. The minimum atomic E-state index is -0.000437. The van der Waals surface area contributed by atoms with Gasteiger partial charge < -0.3 is 9.88 Å². The molecule has 4 rings (SSSR count). The maximum Gasteiger partial charge on any atom is 0.230 e. The van der Waals surface area contributed by atoms with Gasteiger partial charge in [0.05, 0.1) is 23.5 Å². The van der Waals surface area contributed by atoms with E-state index in [1.807, 2.05) is 11.4 Å². The van der Waals surface area contributed by atoms with Crippen LogP contribution in [0.5, 0.6) is 0 Å². The standard InChI is InChI=1S/C20H25N5OS/c1-14(2)25-17-8-4-3-7-16(17)22-18(25)13-24-10-5-6-15(12-24)19(26)23-20-21-9-11-27-20/h3-4,7-9,11,14-15H,5-6,10,12-13H2,1-2H3,(H,21,23,26)/t15-/m0/s1. The lowest BCUT2D eigenvalue weighted by Crippen LogP contribution is -2.40. The number of thiazole rings is 1. The third-order valence-corrected chi connectivity index (χ3v) is 5.78. The number of nitrogens with one attached hydrogen (secondary N) is 1. The smallest absolute Gasteiger partial charge is 0.230 e. The van der Waals surface area contributed by atoms with Gasteiger partial charge in [-0.25, -0.2) is 9.97 Å². The Morgan fingerprint density at radius 1 is 1.37 bits per heavy atom. The van der Waals surface area contributed by atoms with Gasteiger partial charge in [-0.15, -0.1) is 11.3 Å². The lowest BCUT2D eigenvalue weighted by molar-refractivity contribution is -0.121. The van der Waals surface area contributed by atoms with E-state index in [2.05, 4.69) is 51.8 Å². The summed E-state index contributed by atoms with van der Waals surface area (Å²) in [6.07, 6.45) is 3.66. The first-order chi connectivity index (χ1) is 13.1. The van der Waals surface area contributed by atoms with Gasteiger partial charge in [0.1, 0.15) is 5.82 Å². The summed E-state index contributed by atoms with van der Waals surface area (Å²) in [5.74, 6) is 1.15. The number of fused-ring (bicyclic) bond motifs is 1. The van der Waals surface area contributed by atoms with Gasteiger partial charge in [-0.05, 0) is 45.4 Å². The number of carbonyl (C=O) groups excluding carboxylic acids is 1. The van der Waals surface area contributed by atoms with Crippen molar-refractivity contribution in [1.29, 1.82) is 0 Å². The predicted octanol–water partition coefficient (Wildman–Crippen LogP) is 3.92. The van der Waals surface area contributed by atoms with E-state index in [1.54, 1.807) is 6.20 Å². The van der Waals surface area contributed by atoms with E-state index >= 15 is 0 Å². The Morgan fingerprint density at radius 3 is 3.00 bits per heavy atom. The summed E-state index contributed by atoms with van der Waals surface area (Å²) in [4.78, 5) is 24.0. The number of nitrogens with zero attached hydrogens (tertiary/aromatic N) is 4. The highest BCUT2D eigenvalue weighted by molar-refractivity contribution is 7.13. The van der Waals surface area contributed by atoms with Crippen molar-refractivity contribution in [2.75, 3.05) is 18.4 Å². The van der Waals surface area contributed by atoms with Crippen molar-refractivity contribution >= 4 is 33.4 Å². The van der Waals surface area contributed by atoms with Crippen LogP contribution in [-0.2, 0) is 11.3 Å². The number of rotatable bonds is 5. The van der Waals surface area contributed by atoms with Gasteiger partial charge in [0.2, 0.25) is 5.91 Å². The van der Waals surface area contributed by atoms with Crippen molar-refractivity contribution in [2.45, 2.75) is 39.3 Å². The van der Waals surface area contributed by atoms with E-state index in [0.717, 1.165) is 43.8 Å². The Morgan fingerprint density at radius 2 is 2.22 bits per heavy atom. The van der Waals surface area contributed by atoms with Crippen LogP contribution in [0.4, 0.5) is 5.13 Å². The largest absolute Gasteiger partial charge is 0.324 e. The van der Waals surface area contributed by atoms with Gasteiger partial charge in [0.25, 0.3) is 0 Å². The van der Waals surface area contributed by atoms with Crippen LogP contribution >= 0.6 is 11.3 Å². The number of aromatic nitrogens is 3. The van der Waals surface area contributed by atoms with E-state index in [-0.39, 0.29) is 11.8 Å². The monoisotopic (exact) mass is 383 g/mol. The zero-order valence-corrected chi connectivity index (χ0v) is 16.6. The lowest BCUT2D eigenvalue weighted by atomic mass is 9.97.